The van der Waals surface area contributed by atoms with E-state index in [1.54, 1.807) is 7.11 Å². The van der Waals surface area contributed by atoms with Crippen molar-refractivity contribution >= 4 is 0 Å². The van der Waals surface area contributed by atoms with E-state index >= 15 is 0 Å². The van der Waals surface area contributed by atoms with Crippen LogP contribution in [0.3, 0.4) is 0 Å². The van der Waals surface area contributed by atoms with Crippen molar-refractivity contribution in [1.29, 1.82) is 0 Å². The summed E-state index contributed by atoms with van der Waals surface area (Å²) in [5.41, 5.74) is 1.26. The van der Waals surface area contributed by atoms with Gasteiger partial charge in [0.15, 0.2) is 0 Å². The molecule has 1 aromatic rings. The third kappa shape index (κ3) is 3.26. The number of hydrogen-bond donors (Lipinski definition) is 1. The summed E-state index contributed by atoms with van der Waals surface area (Å²) in [5, 5.41) is 3.70. The lowest BCUT2D eigenvalue weighted by Crippen LogP contribution is -2.38. The number of para-hydroxylation sites is 1. The molecule has 100 valence electrons. The van der Waals surface area contributed by atoms with E-state index in [1.165, 1.54) is 24.8 Å². The fraction of sp³-hybridized carbons (Fsp3) is 0.625. The van der Waals surface area contributed by atoms with E-state index in [4.69, 9.17) is 4.74 Å². The molecule has 0 bridgehead atoms. The highest BCUT2D eigenvalue weighted by Gasteiger charge is 2.24. The summed E-state index contributed by atoms with van der Waals surface area (Å²) in [6.45, 7) is 5.65. The van der Waals surface area contributed by atoms with Gasteiger partial charge >= 0.3 is 0 Å². The van der Waals surface area contributed by atoms with Crippen molar-refractivity contribution in [2.75, 3.05) is 7.11 Å². The van der Waals surface area contributed by atoms with Crippen molar-refractivity contribution in [2.45, 2.75) is 45.7 Å². The van der Waals surface area contributed by atoms with E-state index in [0.717, 1.165) is 24.1 Å². The van der Waals surface area contributed by atoms with Crippen LogP contribution in [0, 0.1) is 11.8 Å². The first kappa shape index (κ1) is 13.4. The van der Waals surface area contributed by atoms with E-state index in [-0.39, 0.29) is 0 Å². The molecule has 0 saturated heterocycles. The molecule has 1 saturated carbocycles. The van der Waals surface area contributed by atoms with Gasteiger partial charge in [-0.1, -0.05) is 32.0 Å². The second-order valence-corrected chi connectivity index (χ2v) is 5.69. The fourth-order valence-corrected chi connectivity index (χ4v) is 3.06. The molecule has 1 aliphatic rings. The molecule has 18 heavy (non-hydrogen) atoms. The minimum Gasteiger partial charge on any atom is -0.496 e. The lowest BCUT2D eigenvalue weighted by molar-refractivity contribution is 0.226. The zero-order valence-electron chi connectivity index (χ0n) is 11.8. The first-order valence-corrected chi connectivity index (χ1v) is 7.06. The second kappa shape index (κ2) is 6.24. The average Bonchev–Trinajstić information content (AvgIpc) is 2.38. The molecule has 2 nitrogen and oxygen atoms in total. The number of rotatable bonds is 4. The second-order valence-electron chi connectivity index (χ2n) is 5.69. The van der Waals surface area contributed by atoms with Crippen LogP contribution in [-0.2, 0) is 6.54 Å². The highest BCUT2D eigenvalue weighted by molar-refractivity contribution is 5.33. The zero-order chi connectivity index (χ0) is 13.0. The minimum atomic E-state index is 0.658. The van der Waals surface area contributed by atoms with Gasteiger partial charge in [-0.05, 0) is 37.2 Å². The quantitative estimate of drug-likeness (QED) is 0.877. The third-order valence-electron chi connectivity index (χ3n) is 4.18. The zero-order valence-corrected chi connectivity index (χ0v) is 11.8. The van der Waals surface area contributed by atoms with Crippen LogP contribution in [0.2, 0.25) is 0 Å². The molecule has 1 N–H and O–H groups in total. The predicted molar refractivity (Wildman–Crippen MR) is 75.8 cm³/mol. The van der Waals surface area contributed by atoms with Crippen LogP contribution in [-0.4, -0.2) is 13.2 Å². The molecule has 3 unspecified atom stereocenters. The normalized spacial score (nSPS) is 28.1. The van der Waals surface area contributed by atoms with Crippen molar-refractivity contribution in [3.05, 3.63) is 29.8 Å². The van der Waals surface area contributed by atoms with Gasteiger partial charge in [-0.25, -0.2) is 0 Å². The molecular weight excluding hydrogens is 222 g/mol. The molecule has 0 aliphatic heterocycles. The van der Waals surface area contributed by atoms with Gasteiger partial charge in [0.25, 0.3) is 0 Å². The van der Waals surface area contributed by atoms with Gasteiger partial charge in [-0.3, -0.25) is 0 Å². The summed E-state index contributed by atoms with van der Waals surface area (Å²) < 4.78 is 5.39. The Bertz CT molecular complexity index is 377. The summed E-state index contributed by atoms with van der Waals surface area (Å²) >= 11 is 0. The van der Waals surface area contributed by atoms with Crippen molar-refractivity contribution in [3.63, 3.8) is 0 Å². The molecule has 0 aromatic heterocycles. The molecule has 1 aliphatic carbocycles. The summed E-state index contributed by atoms with van der Waals surface area (Å²) in [4.78, 5) is 0. The van der Waals surface area contributed by atoms with Gasteiger partial charge in [-0.2, -0.15) is 0 Å². The van der Waals surface area contributed by atoms with Crippen LogP contribution in [0.1, 0.15) is 38.7 Å². The maximum atomic E-state index is 5.39. The van der Waals surface area contributed by atoms with Crippen LogP contribution in [0.25, 0.3) is 0 Å². The molecular formula is C16H25NO. The molecule has 2 heteroatoms. The highest BCUT2D eigenvalue weighted by Crippen LogP contribution is 2.29. The third-order valence-corrected chi connectivity index (χ3v) is 4.18. The Morgan fingerprint density at radius 1 is 1.22 bits per heavy atom. The topological polar surface area (TPSA) is 21.3 Å². The Hall–Kier alpha value is -1.02. The van der Waals surface area contributed by atoms with E-state index in [1.807, 2.05) is 12.1 Å². The molecule has 1 aromatic carbocycles. The van der Waals surface area contributed by atoms with E-state index in [2.05, 4.69) is 31.3 Å². The van der Waals surface area contributed by atoms with Gasteiger partial charge in [0.2, 0.25) is 0 Å². The smallest absolute Gasteiger partial charge is 0.123 e. The maximum absolute atomic E-state index is 5.39. The van der Waals surface area contributed by atoms with E-state index in [0.29, 0.717) is 6.04 Å². The number of benzene rings is 1. The minimum absolute atomic E-state index is 0.658. The van der Waals surface area contributed by atoms with Crippen LogP contribution in [0.15, 0.2) is 24.3 Å². The van der Waals surface area contributed by atoms with Crippen molar-refractivity contribution < 1.29 is 4.74 Å². The number of nitrogens with one attached hydrogen (secondary N) is 1. The van der Waals surface area contributed by atoms with Gasteiger partial charge < -0.3 is 10.1 Å². The van der Waals surface area contributed by atoms with Crippen LogP contribution < -0.4 is 10.1 Å². The summed E-state index contributed by atoms with van der Waals surface area (Å²) in [7, 11) is 1.74. The fourth-order valence-electron chi connectivity index (χ4n) is 3.06. The van der Waals surface area contributed by atoms with Gasteiger partial charge in [0, 0.05) is 18.2 Å². The molecule has 0 radical (unpaired) electrons. The largest absolute Gasteiger partial charge is 0.496 e. The highest BCUT2D eigenvalue weighted by atomic mass is 16.5. The molecule has 0 spiro atoms. The summed E-state index contributed by atoms with van der Waals surface area (Å²) in [6.07, 6.45) is 4.01. The molecule has 0 amide bonds. The number of ether oxygens (including phenoxy) is 1. The predicted octanol–water partition coefficient (Wildman–Crippen LogP) is 3.61. The monoisotopic (exact) mass is 247 g/mol. The summed E-state index contributed by atoms with van der Waals surface area (Å²) in [6, 6.07) is 8.93. The Kier molecular flexibility index (Phi) is 4.65. The molecule has 3 atom stereocenters. The first-order valence-electron chi connectivity index (χ1n) is 7.06. The first-order chi connectivity index (χ1) is 8.70. The Labute approximate surface area is 111 Å². The average molecular weight is 247 g/mol. The SMILES string of the molecule is COc1ccccc1CNC1CCC(C)CC1C. The van der Waals surface area contributed by atoms with Crippen molar-refractivity contribution in [2.24, 2.45) is 11.8 Å². The van der Waals surface area contributed by atoms with E-state index < -0.39 is 0 Å². The Morgan fingerprint density at radius 3 is 2.72 bits per heavy atom. The Balaban J connectivity index is 1.91. The molecule has 0 heterocycles. The van der Waals surface area contributed by atoms with Crippen LogP contribution in [0.5, 0.6) is 5.75 Å². The Morgan fingerprint density at radius 2 is 2.00 bits per heavy atom. The number of hydrogen-bond acceptors (Lipinski definition) is 2. The molecule has 2 rings (SSSR count). The lowest BCUT2D eigenvalue weighted by Gasteiger charge is -2.33. The summed E-state index contributed by atoms with van der Waals surface area (Å²) in [5.74, 6) is 2.66. The standard InChI is InChI=1S/C16H25NO/c1-12-8-9-15(13(2)10-12)17-11-14-6-4-5-7-16(14)18-3/h4-7,12-13,15,17H,8-11H2,1-3H3. The van der Waals surface area contributed by atoms with Crippen molar-refractivity contribution in [3.8, 4) is 5.75 Å². The van der Waals surface area contributed by atoms with Crippen LogP contribution >= 0.6 is 0 Å². The maximum Gasteiger partial charge on any atom is 0.123 e. The van der Waals surface area contributed by atoms with Crippen molar-refractivity contribution in [1.82, 2.24) is 5.32 Å². The van der Waals surface area contributed by atoms with Crippen LogP contribution in [0.4, 0.5) is 0 Å². The van der Waals surface area contributed by atoms with Gasteiger partial charge in [0.05, 0.1) is 7.11 Å². The number of methoxy groups -OCH3 is 1. The van der Waals surface area contributed by atoms with Gasteiger partial charge in [0.1, 0.15) is 5.75 Å². The van der Waals surface area contributed by atoms with Gasteiger partial charge in [-0.15, -0.1) is 0 Å². The lowest BCUT2D eigenvalue weighted by atomic mass is 9.80. The van der Waals surface area contributed by atoms with E-state index in [9.17, 15) is 0 Å². The molecule has 1 fully saturated rings.